The number of carbonyl (C=O) groups is 2. The summed E-state index contributed by atoms with van der Waals surface area (Å²) in [4.78, 5) is 36.2. The number of fused-ring (bicyclic) bond motifs is 2. The molecular weight excluding hydrogens is 741 g/mol. The highest BCUT2D eigenvalue weighted by Crippen LogP contribution is 2.27. The van der Waals surface area contributed by atoms with Crippen molar-refractivity contribution in [3.05, 3.63) is 162 Å². The van der Waals surface area contributed by atoms with Crippen molar-refractivity contribution >= 4 is 39.3 Å². The van der Waals surface area contributed by atoms with Crippen molar-refractivity contribution in [2.75, 3.05) is 31.6 Å². The number of nitrogens with one attached hydrogen (secondary N) is 4. The van der Waals surface area contributed by atoms with Crippen molar-refractivity contribution in [3.8, 4) is 22.3 Å². The first-order chi connectivity index (χ1) is 28.4. The molecule has 0 saturated carbocycles. The third kappa shape index (κ3) is 8.94. The zero-order chi connectivity index (χ0) is 39.8. The maximum absolute atomic E-state index is 13.3. The molecule has 1 aliphatic heterocycles. The predicted octanol–water partition coefficient (Wildman–Crippen LogP) is 7.54. The number of pyridine rings is 2. The first-order valence-electron chi connectivity index (χ1n) is 18.6. The van der Waals surface area contributed by atoms with E-state index in [-0.39, 0.29) is 18.1 Å². The van der Waals surface area contributed by atoms with E-state index in [1.807, 2.05) is 78.9 Å². The Balaban J connectivity index is 0.000000164. The molecule has 0 unspecified atom stereocenters. The fourth-order valence-corrected chi connectivity index (χ4v) is 6.73. The van der Waals surface area contributed by atoms with Gasteiger partial charge in [0.25, 0.3) is 11.8 Å². The van der Waals surface area contributed by atoms with Crippen LogP contribution in [0.2, 0.25) is 0 Å². The van der Waals surface area contributed by atoms with Crippen LogP contribution in [0.4, 0.5) is 14.5 Å². The molecule has 290 valence electrons. The monoisotopic (exact) mass is 777 g/mol. The summed E-state index contributed by atoms with van der Waals surface area (Å²) in [6, 6.07) is 30.2. The zero-order valence-electron chi connectivity index (χ0n) is 31.1. The van der Waals surface area contributed by atoms with Gasteiger partial charge in [0, 0.05) is 84.6 Å². The van der Waals surface area contributed by atoms with E-state index in [9.17, 15) is 18.4 Å². The van der Waals surface area contributed by atoms with Gasteiger partial charge < -0.3 is 15.4 Å². The summed E-state index contributed by atoms with van der Waals surface area (Å²) in [6.07, 6.45) is 6.97. The maximum Gasteiger partial charge on any atom is 0.276 e. The fraction of sp³-hybridized carbons (Fsp3) is 0.136. The molecule has 4 N–H and O–H groups in total. The molecule has 58 heavy (non-hydrogen) atoms. The molecule has 0 radical (unpaired) electrons. The number of hydrogen-bond acceptors (Lipinski definition) is 8. The second-order valence-corrected chi connectivity index (χ2v) is 13.7. The SMILES string of the molecule is O=C(NCc1cc(F)cc(F)c1)c1n[nH]c2ccc(-c3cccnc3)cc12.O=C(Nc1cccc(CN2CCOCC2)c1)c1n[nH]c2ccc(-c3cccnc3)cc12. The fourth-order valence-electron chi connectivity index (χ4n) is 6.73. The van der Waals surface area contributed by atoms with Crippen LogP contribution in [0.3, 0.4) is 0 Å². The number of ether oxygens (including phenoxy) is 1. The lowest BCUT2D eigenvalue weighted by atomic mass is 10.0. The average Bonchev–Trinajstić information content (AvgIpc) is 3.88. The Hall–Kier alpha value is -7.16. The molecule has 0 atom stereocenters. The Bertz CT molecular complexity index is 2680. The average molecular weight is 778 g/mol. The summed E-state index contributed by atoms with van der Waals surface area (Å²) in [5, 5.41) is 21.2. The third-order valence-electron chi connectivity index (χ3n) is 9.62. The normalized spacial score (nSPS) is 12.9. The molecule has 4 aromatic carbocycles. The van der Waals surface area contributed by atoms with Crippen LogP contribution < -0.4 is 10.6 Å². The Labute approximate surface area is 331 Å². The van der Waals surface area contributed by atoms with Crippen LogP contribution in [-0.4, -0.2) is 73.4 Å². The smallest absolute Gasteiger partial charge is 0.276 e. The first-order valence-corrected chi connectivity index (χ1v) is 18.6. The van der Waals surface area contributed by atoms with Gasteiger partial charge in [-0.1, -0.05) is 36.4 Å². The van der Waals surface area contributed by atoms with E-state index >= 15 is 0 Å². The highest BCUT2D eigenvalue weighted by Gasteiger charge is 2.18. The molecule has 12 nitrogen and oxygen atoms in total. The quantitative estimate of drug-likeness (QED) is 0.117. The lowest BCUT2D eigenvalue weighted by Crippen LogP contribution is -2.35. The maximum atomic E-state index is 13.3. The van der Waals surface area contributed by atoms with Gasteiger partial charge >= 0.3 is 0 Å². The van der Waals surface area contributed by atoms with E-state index in [1.165, 1.54) is 12.1 Å². The molecule has 2 amide bonds. The number of morpholine rings is 1. The van der Waals surface area contributed by atoms with Crippen molar-refractivity contribution in [1.29, 1.82) is 0 Å². The summed E-state index contributed by atoms with van der Waals surface area (Å²) in [6.45, 7) is 4.22. The number of aromatic nitrogens is 6. The Morgan fingerprint density at radius 3 is 1.84 bits per heavy atom. The standard InChI is InChI=1S/C24H23N5O2.C20H14F2N4O/c30-24(26-20-5-1-3-17(13-20)16-29-9-11-31-12-10-29)23-21-14-18(6-7-22(21)27-28-23)19-4-2-8-25-15-19;21-15-6-12(7-16(22)9-15)10-24-20(27)19-17-8-13(3-4-18(17)25-26-19)14-2-1-5-23-11-14/h1-8,13-15H,9-12,16H2,(H,26,30)(H,27,28);1-9,11H,10H2,(H,24,27)(H,25,26). The van der Waals surface area contributed by atoms with Gasteiger partial charge in [0.1, 0.15) is 11.6 Å². The summed E-state index contributed by atoms with van der Waals surface area (Å²) < 4.78 is 31.9. The minimum absolute atomic E-state index is 0.00976. The van der Waals surface area contributed by atoms with Crippen LogP contribution in [0.1, 0.15) is 32.1 Å². The summed E-state index contributed by atoms with van der Waals surface area (Å²) in [5.41, 5.74) is 8.17. The van der Waals surface area contributed by atoms with Gasteiger partial charge in [-0.2, -0.15) is 10.2 Å². The number of nitrogens with zero attached hydrogens (tertiary/aromatic N) is 5. The molecular formula is C44H37F2N9O3. The largest absolute Gasteiger partial charge is 0.379 e. The van der Waals surface area contributed by atoms with Crippen LogP contribution in [-0.2, 0) is 17.8 Å². The number of H-pyrrole nitrogens is 2. The van der Waals surface area contributed by atoms with Gasteiger partial charge in [-0.3, -0.25) is 34.7 Å². The van der Waals surface area contributed by atoms with Gasteiger partial charge in [-0.25, -0.2) is 8.78 Å². The number of benzene rings is 4. The summed E-state index contributed by atoms with van der Waals surface area (Å²) in [5.74, 6) is -2.05. The number of aromatic amines is 2. The van der Waals surface area contributed by atoms with Gasteiger partial charge in [0.15, 0.2) is 11.4 Å². The molecule has 4 aromatic heterocycles. The topological polar surface area (TPSA) is 154 Å². The Morgan fingerprint density at radius 2 is 1.26 bits per heavy atom. The highest BCUT2D eigenvalue weighted by molar-refractivity contribution is 6.11. The second kappa shape index (κ2) is 17.3. The van der Waals surface area contributed by atoms with Crippen molar-refractivity contribution in [2.24, 2.45) is 0 Å². The minimum Gasteiger partial charge on any atom is -0.379 e. The molecule has 1 saturated heterocycles. The lowest BCUT2D eigenvalue weighted by Gasteiger charge is -2.26. The number of hydrogen-bond donors (Lipinski definition) is 4. The van der Waals surface area contributed by atoms with Crippen LogP contribution in [0, 0.1) is 11.6 Å². The number of anilines is 1. The molecule has 1 fully saturated rings. The lowest BCUT2D eigenvalue weighted by molar-refractivity contribution is 0.0342. The molecule has 0 spiro atoms. The minimum atomic E-state index is -0.689. The van der Waals surface area contributed by atoms with Crippen molar-refractivity contribution < 1.29 is 23.1 Å². The molecule has 0 bridgehead atoms. The number of amides is 2. The van der Waals surface area contributed by atoms with Gasteiger partial charge in [-0.15, -0.1) is 0 Å². The van der Waals surface area contributed by atoms with Crippen molar-refractivity contribution in [1.82, 2.24) is 40.6 Å². The van der Waals surface area contributed by atoms with Crippen LogP contribution in [0.15, 0.2) is 128 Å². The summed E-state index contributed by atoms with van der Waals surface area (Å²) in [7, 11) is 0. The van der Waals surface area contributed by atoms with E-state index in [1.54, 1.807) is 24.8 Å². The molecule has 5 heterocycles. The third-order valence-corrected chi connectivity index (χ3v) is 9.62. The van der Waals surface area contributed by atoms with E-state index in [0.29, 0.717) is 22.2 Å². The molecule has 14 heteroatoms. The second-order valence-electron chi connectivity index (χ2n) is 13.7. The van der Waals surface area contributed by atoms with Crippen LogP contribution in [0.5, 0.6) is 0 Å². The van der Waals surface area contributed by atoms with E-state index < -0.39 is 17.5 Å². The molecule has 1 aliphatic rings. The highest BCUT2D eigenvalue weighted by atomic mass is 19.1. The van der Waals surface area contributed by atoms with Gasteiger partial charge in [0.2, 0.25) is 0 Å². The van der Waals surface area contributed by atoms with Gasteiger partial charge in [0.05, 0.1) is 24.2 Å². The van der Waals surface area contributed by atoms with Crippen molar-refractivity contribution in [3.63, 3.8) is 0 Å². The number of carbonyl (C=O) groups excluding carboxylic acids is 2. The van der Waals surface area contributed by atoms with E-state index in [2.05, 4.69) is 52.0 Å². The molecule has 9 rings (SSSR count). The number of halogens is 2. The van der Waals surface area contributed by atoms with Crippen LogP contribution in [0.25, 0.3) is 44.1 Å². The van der Waals surface area contributed by atoms with E-state index in [4.69, 9.17) is 4.74 Å². The molecule has 0 aliphatic carbocycles. The van der Waals surface area contributed by atoms with Crippen molar-refractivity contribution in [2.45, 2.75) is 13.1 Å². The summed E-state index contributed by atoms with van der Waals surface area (Å²) >= 11 is 0. The number of rotatable bonds is 9. The zero-order valence-corrected chi connectivity index (χ0v) is 31.1. The molecule has 8 aromatic rings. The Morgan fingerprint density at radius 1 is 0.655 bits per heavy atom. The predicted molar refractivity (Wildman–Crippen MR) is 217 cm³/mol. The van der Waals surface area contributed by atoms with E-state index in [0.717, 1.165) is 83.3 Å². The van der Waals surface area contributed by atoms with Crippen LogP contribution >= 0.6 is 0 Å². The first kappa shape index (κ1) is 37.7. The van der Waals surface area contributed by atoms with Gasteiger partial charge in [-0.05, 0) is 82.9 Å². The Kier molecular flexibility index (Phi) is 11.3.